The lowest BCUT2D eigenvalue weighted by molar-refractivity contribution is 0.174. The SMILES string of the molecule is COc1cc2ncnc(Nc3ccc(CCc4ccc5c(c4)OCO5)cc3)c2cc1OC. The molecule has 0 saturated heterocycles. The van der Waals surface area contributed by atoms with Crippen LogP contribution in [0.1, 0.15) is 11.1 Å². The van der Waals surface area contributed by atoms with Crippen LogP contribution in [0.25, 0.3) is 10.9 Å². The molecule has 0 aliphatic carbocycles. The summed E-state index contributed by atoms with van der Waals surface area (Å²) in [6.45, 7) is 0.301. The highest BCUT2D eigenvalue weighted by Gasteiger charge is 2.13. The summed E-state index contributed by atoms with van der Waals surface area (Å²) in [6.07, 6.45) is 3.41. The molecule has 1 N–H and O–H groups in total. The molecule has 0 bridgehead atoms. The number of hydrogen-bond acceptors (Lipinski definition) is 7. The minimum atomic E-state index is 0.301. The number of ether oxygens (including phenoxy) is 4. The van der Waals surface area contributed by atoms with Crippen LogP contribution in [-0.2, 0) is 12.8 Å². The average Bonchev–Trinajstić information content (AvgIpc) is 3.31. The quantitative estimate of drug-likeness (QED) is 0.448. The third kappa shape index (κ3) is 3.97. The lowest BCUT2D eigenvalue weighted by Crippen LogP contribution is -1.98. The largest absolute Gasteiger partial charge is 0.493 e. The van der Waals surface area contributed by atoms with Gasteiger partial charge < -0.3 is 24.3 Å². The molecular formula is C25H23N3O4. The van der Waals surface area contributed by atoms with Gasteiger partial charge in [0.25, 0.3) is 0 Å². The number of benzene rings is 3. The van der Waals surface area contributed by atoms with E-state index in [1.165, 1.54) is 17.5 Å². The van der Waals surface area contributed by atoms with Crippen molar-refractivity contribution in [2.45, 2.75) is 12.8 Å². The van der Waals surface area contributed by atoms with Crippen LogP contribution >= 0.6 is 0 Å². The summed E-state index contributed by atoms with van der Waals surface area (Å²) in [5, 5.41) is 4.25. The number of methoxy groups -OCH3 is 2. The predicted molar refractivity (Wildman–Crippen MR) is 122 cm³/mol. The summed E-state index contributed by atoms with van der Waals surface area (Å²) in [4.78, 5) is 8.77. The Hall–Kier alpha value is -4.00. The van der Waals surface area contributed by atoms with Gasteiger partial charge in [-0.15, -0.1) is 0 Å². The van der Waals surface area contributed by atoms with Crippen LogP contribution in [0.15, 0.2) is 60.9 Å². The van der Waals surface area contributed by atoms with Crippen molar-refractivity contribution in [1.82, 2.24) is 9.97 Å². The van der Waals surface area contributed by atoms with Gasteiger partial charge in [-0.25, -0.2) is 9.97 Å². The fourth-order valence-electron chi connectivity index (χ4n) is 3.76. The molecule has 1 aliphatic rings. The lowest BCUT2D eigenvalue weighted by Gasteiger charge is -2.12. The van der Waals surface area contributed by atoms with Crippen molar-refractivity contribution in [2.24, 2.45) is 0 Å². The molecule has 2 heterocycles. The number of nitrogens with zero attached hydrogens (tertiary/aromatic N) is 2. The summed E-state index contributed by atoms with van der Waals surface area (Å²) in [7, 11) is 3.22. The summed E-state index contributed by atoms with van der Waals surface area (Å²) >= 11 is 0. The van der Waals surface area contributed by atoms with Crippen molar-refractivity contribution in [2.75, 3.05) is 26.3 Å². The van der Waals surface area contributed by atoms with Crippen LogP contribution in [0.4, 0.5) is 11.5 Å². The van der Waals surface area contributed by atoms with Gasteiger partial charge in [0.2, 0.25) is 6.79 Å². The van der Waals surface area contributed by atoms with Crippen LogP contribution in [0.5, 0.6) is 23.0 Å². The lowest BCUT2D eigenvalue weighted by atomic mass is 10.0. The van der Waals surface area contributed by atoms with Gasteiger partial charge in [-0.3, -0.25) is 0 Å². The molecule has 0 amide bonds. The smallest absolute Gasteiger partial charge is 0.231 e. The second kappa shape index (κ2) is 8.63. The molecule has 162 valence electrons. The maximum atomic E-state index is 5.47. The monoisotopic (exact) mass is 429 g/mol. The number of fused-ring (bicyclic) bond motifs is 2. The summed E-state index contributed by atoms with van der Waals surface area (Å²) < 4.78 is 21.6. The molecular weight excluding hydrogens is 406 g/mol. The molecule has 7 nitrogen and oxygen atoms in total. The van der Waals surface area contributed by atoms with E-state index in [4.69, 9.17) is 18.9 Å². The normalized spacial score (nSPS) is 12.1. The Morgan fingerprint density at radius 2 is 1.53 bits per heavy atom. The fraction of sp³-hybridized carbons (Fsp3) is 0.200. The number of hydrogen-bond donors (Lipinski definition) is 1. The molecule has 0 atom stereocenters. The van der Waals surface area contributed by atoms with E-state index in [9.17, 15) is 0 Å². The molecule has 0 saturated carbocycles. The molecule has 3 aromatic carbocycles. The third-order valence-corrected chi connectivity index (χ3v) is 5.50. The van der Waals surface area contributed by atoms with E-state index in [2.05, 4.69) is 51.7 Å². The molecule has 32 heavy (non-hydrogen) atoms. The van der Waals surface area contributed by atoms with Crippen LogP contribution in [0.3, 0.4) is 0 Å². The molecule has 5 rings (SSSR count). The van der Waals surface area contributed by atoms with Gasteiger partial charge >= 0.3 is 0 Å². The van der Waals surface area contributed by atoms with E-state index < -0.39 is 0 Å². The third-order valence-electron chi connectivity index (χ3n) is 5.50. The molecule has 0 radical (unpaired) electrons. The van der Waals surface area contributed by atoms with Crippen molar-refractivity contribution < 1.29 is 18.9 Å². The van der Waals surface area contributed by atoms with Gasteiger partial charge in [-0.1, -0.05) is 18.2 Å². The number of aromatic nitrogens is 2. The van der Waals surface area contributed by atoms with Crippen molar-refractivity contribution in [3.63, 3.8) is 0 Å². The van der Waals surface area contributed by atoms with Crippen LogP contribution in [0, 0.1) is 0 Å². The van der Waals surface area contributed by atoms with E-state index in [1.807, 2.05) is 18.2 Å². The number of nitrogens with one attached hydrogen (secondary N) is 1. The van der Waals surface area contributed by atoms with Gasteiger partial charge in [0, 0.05) is 17.1 Å². The van der Waals surface area contributed by atoms with E-state index >= 15 is 0 Å². The van der Waals surface area contributed by atoms with Gasteiger partial charge in [0.15, 0.2) is 23.0 Å². The van der Waals surface area contributed by atoms with Crippen LogP contribution in [0.2, 0.25) is 0 Å². The zero-order valence-corrected chi connectivity index (χ0v) is 17.9. The Labute approximate surface area is 185 Å². The first-order valence-corrected chi connectivity index (χ1v) is 10.3. The average molecular weight is 429 g/mol. The fourth-order valence-corrected chi connectivity index (χ4v) is 3.76. The van der Waals surface area contributed by atoms with Gasteiger partial charge in [0.05, 0.1) is 19.7 Å². The van der Waals surface area contributed by atoms with Crippen molar-refractivity contribution >= 4 is 22.4 Å². The minimum Gasteiger partial charge on any atom is -0.493 e. The molecule has 1 aromatic heterocycles. The van der Waals surface area contributed by atoms with Crippen molar-refractivity contribution in [3.05, 3.63) is 72.1 Å². The molecule has 1 aliphatic heterocycles. The first-order valence-electron chi connectivity index (χ1n) is 10.3. The molecule has 0 unspecified atom stereocenters. The highest BCUT2D eigenvalue weighted by molar-refractivity contribution is 5.93. The second-order valence-corrected chi connectivity index (χ2v) is 7.46. The van der Waals surface area contributed by atoms with Crippen LogP contribution in [-0.4, -0.2) is 31.0 Å². The van der Waals surface area contributed by atoms with Crippen molar-refractivity contribution in [3.8, 4) is 23.0 Å². The summed E-state index contributed by atoms with van der Waals surface area (Å²) in [5.74, 6) is 3.63. The highest BCUT2D eigenvalue weighted by Crippen LogP contribution is 2.35. The van der Waals surface area contributed by atoms with Gasteiger partial charge in [0.1, 0.15) is 12.1 Å². The molecule has 0 fully saturated rings. The second-order valence-electron chi connectivity index (χ2n) is 7.46. The number of anilines is 2. The maximum absolute atomic E-state index is 5.47. The Balaban J connectivity index is 1.30. The zero-order valence-electron chi connectivity index (χ0n) is 17.9. The first-order chi connectivity index (χ1) is 15.7. The Kier molecular flexibility index (Phi) is 5.37. The van der Waals surface area contributed by atoms with E-state index in [1.54, 1.807) is 14.2 Å². The van der Waals surface area contributed by atoms with Crippen LogP contribution < -0.4 is 24.3 Å². The van der Waals surface area contributed by atoms with Gasteiger partial charge in [-0.05, 0) is 54.3 Å². The summed E-state index contributed by atoms with van der Waals surface area (Å²) in [5.41, 5.74) is 4.22. The zero-order chi connectivity index (χ0) is 21.9. The standard InChI is InChI=1S/C25H23N3O4/c1-29-22-12-19-20(13-23(22)30-2)26-14-27-25(19)28-18-8-5-16(6-9-18)3-4-17-7-10-21-24(11-17)32-15-31-21/h5-14H,3-4,15H2,1-2H3,(H,26,27,28). The van der Waals surface area contributed by atoms with Gasteiger partial charge in [-0.2, -0.15) is 0 Å². The van der Waals surface area contributed by atoms with E-state index in [0.717, 1.165) is 40.9 Å². The number of rotatable bonds is 7. The van der Waals surface area contributed by atoms with E-state index in [-0.39, 0.29) is 0 Å². The minimum absolute atomic E-state index is 0.301. The maximum Gasteiger partial charge on any atom is 0.231 e. The van der Waals surface area contributed by atoms with Crippen molar-refractivity contribution in [1.29, 1.82) is 0 Å². The predicted octanol–water partition coefficient (Wildman–Crippen LogP) is 4.90. The topological polar surface area (TPSA) is 74.7 Å². The summed E-state index contributed by atoms with van der Waals surface area (Å²) in [6, 6.07) is 18.2. The first kappa shape index (κ1) is 19.9. The number of aryl methyl sites for hydroxylation is 2. The molecule has 0 spiro atoms. The Morgan fingerprint density at radius 3 is 2.34 bits per heavy atom. The Morgan fingerprint density at radius 1 is 0.812 bits per heavy atom. The highest BCUT2D eigenvalue weighted by atomic mass is 16.7. The molecule has 7 heteroatoms. The molecule has 4 aromatic rings. The van der Waals surface area contributed by atoms with E-state index in [0.29, 0.717) is 24.1 Å². The Bertz CT molecular complexity index is 1260.